The van der Waals surface area contributed by atoms with Crippen LogP contribution in [0.1, 0.15) is 24.2 Å². The van der Waals surface area contributed by atoms with E-state index in [1.807, 2.05) is 13.8 Å². The van der Waals surface area contributed by atoms with Crippen LogP contribution in [0.15, 0.2) is 51.6 Å². The Kier molecular flexibility index (Phi) is 4.23. The summed E-state index contributed by atoms with van der Waals surface area (Å²) in [5.41, 5.74) is 1.40. The topological polar surface area (TPSA) is 72.4 Å². The Hall–Kier alpha value is -2.89. The standard InChI is InChI=1S/C17H17N3O3/c1-3-20(4-2)17(21)13-9-7-12(8-10-13)16-18-15(19-23-16)14-6-5-11-22-14/h5-11H,3-4H2,1-2H3. The summed E-state index contributed by atoms with van der Waals surface area (Å²) in [5, 5.41) is 3.89. The Morgan fingerprint density at radius 2 is 1.87 bits per heavy atom. The van der Waals surface area contributed by atoms with E-state index in [-0.39, 0.29) is 5.91 Å². The van der Waals surface area contributed by atoms with Gasteiger partial charge in [0.15, 0.2) is 5.76 Å². The van der Waals surface area contributed by atoms with Crippen LogP contribution >= 0.6 is 0 Å². The molecule has 3 rings (SSSR count). The third-order valence-electron chi connectivity index (χ3n) is 3.60. The second-order valence-electron chi connectivity index (χ2n) is 4.96. The molecule has 118 valence electrons. The molecular formula is C17H17N3O3. The summed E-state index contributed by atoms with van der Waals surface area (Å²) in [6, 6.07) is 10.7. The number of nitrogens with zero attached hydrogens (tertiary/aromatic N) is 3. The molecule has 6 nitrogen and oxygen atoms in total. The summed E-state index contributed by atoms with van der Waals surface area (Å²) in [5.74, 6) is 1.35. The van der Waals surface area contributed by atoms with Crippen LogP contribution in [0.2, 0.25) is 0 Å². The maximum atomic E-state index is 12.3. The normalized spacial score (nSPS) is 10.7. The van der Waals surface area contributed by atoms with Gasteiger partial charge in [0.2, 0.25) is 5.82 Å². The van der Waals surface area contributed by atoms with Gasteiger partial charge in [-0.25, -0.2) is 0 Å². The zero-order chi connectivity index (χ0) is 16.2. The van der Waals surface area contributed by atoms with Crippen LogP contribution in [-0.2, 0) is 0 Å². The molecule has 0 N–H and O–H groups in total. The Bertz CT molecular complexity index is 772. The molecule has 0 spiro atoms. The van der Waals surface area contributed by atoms with Crippen molar-refractivity contribution in [3.63, 3.8) is 0 Å². The highest BCUT2D eigenvalue weighted by Crippen LogP contribution is 2.23. The highest BCUT2D eigenvalue weighted by Gasteiger charge is 2.15. The molecular weight excluding hydrogens is 294 g/mol. The summed E-state index contributed by atoms with van der Waals surface area (Å²) < 4.78 is 10.5. The molecule has 0 radical (unpaired) electrons. The summed E-state index contributed by atoms with van der Waals surface area (Å²) in [6.45, 7) is 5.30. The van der Waals surface area contributed by atoms with Gasteiger partial charge in [-0.3, -0.25) is 4.79 Å². The molecule has 0 saturated heterocycles. The molecule has 0 aliphatic rings. The Balaban J connectivity index is 1.81. The van der Waals surface area contributed by atoms with E-state index >= 15 is 0 Å². The number of carbonyl (C=O) groups excluding carboxylic acids is 1. The molecule has 2 aromatic heterocycles. The average Bonchev–Trinajstić information content (AvgIpc) is 3.27. The van der Waals surface area contributed by atoms with Crippen LogP contribution in [0.4, 0.5) is 0 Å². The molecule has 1 amide bonds. The lowest BCUT2D eigenvalue weighted by Crippen LogP contribution is -2.30. The number of carbonyl (C=O) groups is 1. The van der Waals surface area contributed by atoms with Gasteiger partial charge >= 0.3 is 0 Å². The minimum atomic E-state index is 0.0170. The van der Waals surface area contributed by atoms with Crippen LogP contribution < -0.4 is 0 Å². The molecule has 6 heteroatoms. The van der Waals surface area contributed by atoms with E-state index in [0.717, 1.165) is 5.56 Å². The first kappa shape index (κ1) is 15.0. The van der Waals surface area contributed by atoms with Crippen molar-refractivity contribution < 1.29 is 13.7 Å². The number of furan rings is 1. The fourth-order valence-corrected chi connectivity index (χ4v) is 2.30. The van der Waals surface area contributed by atoms with Crippen molar-refractivity contribution in [2.45, 2.75) is 13.8 Å². The summed E-state index contributed by atoms with van der Waals surface area (Å²) in [6.07, 6.45) is 1.55. The zero-order valence-corrected chi connectivity index (χ0v) is 13.0. The van der Waals surface area contributed by atoms with E-state index in [4.69, 9.17) is 8.94 Å². The maximum absolute atomic E-state index is 12.3. The molecule has 0 aliphatic heterocycles. The van der Waals surface area contributed by atoms with Gasteiger partial charge in [0, 0.05) is 24.2 Å². The lowest BCUT2D eigenvalue weighted by molar-refractivity contribution is 0.0773. The Labute approximate surface area is 133 Å². The Morgan fingerprint density at radius 1 is 1.13 bits per heavy atom. The van der Waals surface area contributed by atoms with Gasteiger partial charge in [-0.05, 0) is 50.2 Å². The van der Waals surface area contributed by atoms with Crippen molar-refractivity contribution in [1.29, 1.82) is 0 Å². The van der Waals surface area contributed by atoms with Crippen molar-refractivity contribution >= 4 is 5.91 Å². The van der Waals surface area contributed by atoms with Gasteiger partial charge in [-0.15, -0.1) is 0 Å². The summed E-state index contributed by atoms with van der Waals surface area (Å²) in [4.78, 5) is 18.3. The predicted octanol–water partition coefficient (Wildman–Crippen LogP) is 3.48. The number of rotatable bonds is 5. The average molecular weight is 311 g/mol. The summed E-state index contributed by atoms with van der Waals surface area (Å²) in [7, 11) is 0. The van der Waals surface area contributed by atoms with Gasteiger partial charge in [0.05, 0.1) is 6.26 Å². The van der Waals surface area contributed by atoms with Crippen LogP contribution in [0.5, 0.6) is 0 Å². The molecule has 0 unspecified atom stereocenters. The fraction of sp³-hybridized carbons (Fsp3) is 0.235. The molecule has 1 aromatic carbocycles. The lowest BCUT2D eigenvalue weighted by Gasteiger charge is -2.18. The third kappa shape index (κ3) is 3.01. The highest BCUT2D eigenvalue weighted by molar-refractivity contribution is 5.94. The molecule has 23 heavy (non-hydrogen) atoms. The van der Waals surface area contributed by atoms with E-state index in [0.29, 0.717) is 36.1 Å². The monoisotopic (exact) mass is 311 g/mol. The molecule has 0 fully saturated rings. The summed E-state index contributed by atoms with van der Waals surface area (Å²) >= 11 is 0. The number of benzene rings is 1. The van der Waals surface area contributed by atoms with Crippen molar-refractivity contribution in [3.8, 4) is 23.0 Å². The fourth-order valence-electron chi connectivity index (χ4n) is 2.30. The third-order valence-corrected chi connectivity index (χ3v) is 3.60. The number of aromatic nitrogens is 2. The van der Waals surface area contributed by atoms with E-state index in [9.17, 15) is 4.79 Å². The van der Waals surface area contributed by atoms with Gasteiger partial charge in [0.25, 0.3) is 11.8 Å². The van der Waals surface area contributed by atoms with Crippen LogP contribution in [-0.4, -0.2) is 34.0 Å². The molecule has 2 heterocycles. The molecule has 0 atom stereocenters. The molecule has 0 bridgehead atoms. The van der Waals surface area contributed by atoms with Gasteiger partial charge < -0.3 is 13.8 Å². The maximum Gasteiger partial charge on any atom is 0.258 e. The van der Waals surface area contributed by atoms with E-state index in [1.165, 1.54) is 0 Å². The van der Waals surface area contributed by atoms with Crippen LogP contribution in [0, 0.1) is 0 Å². The number of amides is 1. The first-order chi connectivity index (χ1) is 11.2. The van der Waals surface area contributed by atoms with E-state index in [1.54, 1.807) is 47.6 Å². The minimum absolute atomic E-state index is 0.0170. The molecule has 0 saturated carbocycles. The molecule has 0 aliphatic carbocycles. The quantitative estimate of drug-likeness (QED) is 0.721. The van der Waals surface area contributed by atoms with E-state index < -0.39 is 0 Å². The molecule has 3 aromatic rings. The zero-order valence-electron chi connectivity index (χ0n) is 13.0. The SMILES string of the molecule is CCN(CC)C(=O)c1ccc(-c2nc(-c3ccco3)no2)cc1. The van der Waals surface area contributed by atoms with Crippen LogP contribution in [0.3, 0.4) is 0 Å². The largest absolute Gasteiger partial charge is 0.461 e. The first-order valence-electron chi connectivity index (χ1n) is 7.50. The second kappa shape index (κ2) is 6.48. The van der Waals surface area contributed by atoms with Crippen molar-refractivity contribution in [1.82, 2.24) is 15.0 Å². The van der Waals surface area contributed by atoms with Gasteiger partial charge in [0.1, 0.15) is 0 Å². The van der Waals surface area contributed by atoms with Crippen molar-refractivity contribution in [3.05, 3.63) is 48.2 Å². The smallest absolute Gasteiger partial charge is 0.258 e. The van der Waals surface area contributed by atoms with Crippen molar-refractivity contribution in [2.24, 2.45) is 0 Å². The van der Waals surface area contributed by atoms with Gasteiger partial charge in [-0.2, -0.15) is 4.98 Å². The minimum Gasteiger partial charge on any atom is -0.461 e. The predicted molar refractivity (Wildman–Crippen MR) is 84.7 cm³/mol. The first-order valence-corrected chi connectivity index (χ1v) is 7.50. The highest BCUT2D eigenvalue weighted by atomic mass is 16.5. The lowest BCUT2D eigenvalue weighted by atomic mass is 10.1. The number of hydrogen-bond acceptors (Lipinski definition) is 5. The van der Waals surface area contributed by atoms with Crippen LogP contribution in [0.25, 0.3) is 23.0 Å². The van der Waals surface area contributed by atoms with Crippen molar-refractivity contribution in [2.75, 3.05) is 13.1 Å². The van der Waals surface area contributed by atoms with E-state index in [2.05, 4.69) is 10.1 Å². The number of hydrogen-bond donors (Lipinski definition) is 0. The Morgan fingerprint density at radius 3 is 2.48 bits per heavy atom. The second-order valence-corrected chi connectivity index (χ2v) is 4.96. The van der Waals surface area contributed by atoms with Gasteiger partial charge in [-0.1, -0.05) is 5.16 Å².